The van der Waals surface area contributed by atoms with Crippen LogP contribution in [-0.2, 0) is 12.8 Å². The van der Waals surface area contributed by atoms with E-state index in [9.17, 15) is 0 Å². The van der Waals surface area contributed by atoms with Crippen molar-refractivity contribution in [3.63, 3.8) is 0 Å². The summed E-state index contributed by atoms with van der Waals surface area (Å²) >= 11 is 1.71. The number of thiazole rings is 1. The van der Waals surface area contributed by atoms with Gasteiger partial charge < -0.3 is 4.90 Å². The second kappa shape index (κ2) is 6.31. The minimum atomic E-state index is 0.504. The van der Waals surface area contributed by atoms with Gasteiger partial charge in [-0.05, 0) is 33.2 Å². The standard InChI is InChI=1S/C14H21N3S/c1-11-5-3-4-9-17(11)10-7-14-16-12(2)13(18-14)6-8-15/h11H,3-7,9-10H2,1-2H3. The summed E-state index contributed by atoms with van der Waals surface area (Å²) in [5, 5.41) is 9.93. The molecular weight excluding hydrogens is 242 g/mol. The van der Waals surface area contributed by atoms with E-state index in [0.29, 0.717) is 6.42 Å². The predicted molar refractivity (Wildman–Crippen MR) is 74.8 cm³/mol. The summed E-state index contributed by atoms with van der Waals surface area (Å²) in [5.74, 6) is 0. The Hall–Kier alpha value is -0.920. The Morgan fingerprint density at radius 1 is 1.50 bits per heavy atom. The van der Waals surface area contributed by atoms with E-state index < -0.39 is 0 Å². The van der Waals surface area contributed by atoms with Crippen LogP contribution in [0.15, 0.2) is 0 Å². The topological polar surface area (TPSA) is 39.9 Å². The molecule has 3 nitrogen and oxygen atoms in total. The van der Waals surface area contributed by atoms with Crippen molar-refractivity contribution in [1.82, 2.24) is 9.88 Å². The summed E-state index contributed by atoms with van der Waals surface area (Å²) in [5.41, 5.74) is 1.04. The lowest BCUT2D eigenvalue weighted by atomic mass is 10.0. The number of hydrogen-bond acceptors (Lipinski definition) is 4. The van der Waals surface area contributed by atoms with Crippen molar-refractivity contribution in [3.05, 3.63) is 15.6 Å². The van der Waals surface area contributed by atoms with Crippen LogP contribution in [0.1, 0.15) is 41.8 Å². The van der Waals surface area contributed by atoms with Crippen LogP contribution in [0.3, 0.4) is 0 Å². The normalized spacial score (nSPS) is 20.8. The van der Waals surface area contributed by atoms with Crippen molar-refractivity contribution >= 4 is 11.3 Å². The number of aryl methyl sites for hydroxylation is 1. The van der Waals surface area contributed by atoms with E-state index in [2.05, 4.69) is 22.9 Å². The highest BCUT2D eigenvalue weighted by Gasteiger charge is 2.18. The molecule has 1 aromatic heterocycles. The first-order valence-corrected chi connectivity index (χ1v) is 7.58. The van der Waals surface area contributed by atoms with Crippen molar-refractivity contribution in [2.24, 2.45) is 0 Å². The Morgan fingerprint density at radius 2 is 2.33 bits per heavy atom. The molecule has 1 saturated heterocycles. The number of nitriles is 1. The summed E-state index contributed by atoms with van der Waals surface area (Å²) in [6.07, 6.45) is 5.57. The first kappa shape index (κ1) is 13.5. The predicted octanol–water partition coefficient (Wildman–Crippen LogP) is 2.93. The summed E-state index contributed by atoms with van der Waals surface area (Å²) in [6.45, 7) is 6.68. The fourth-order valence-electron chi connectivity index (χ4n) is 2.56. The van der Waals surface area contributed by atoms with Gasteiger partial charge in [-0.3, -0.25) is 0 Å². The van der Waals surface area contributed by atoms with E-state index in [1.54, 1.807) is 11.3 Å². The van der Waals surface area contributed by atoms with Gasteiger partial charge >= 0.3 is 0 Å². The second-order valence-electron chi connectivity index (χ2n) is 5.08. The molecule has 0 saturated carbocycles. The molecule has 2 rings (SSSR count). The molecule has 0 aromatic carbocycles. The zero-order chi connectivity index (χ0) is 13.0. The van der Waals surface area contributed by atoms with Gasteiger partial charge in [-0.25, -0.2) is 4.98 Å². The molecule has 98 valence electrons. The number of hydrogen-bond donors (Lipinski definition) is 0. The van der Waals surface area contributed by atoms with Gasteiger partial charge in [0.25, 0.3) is 0 Å². The van der Waals surface area contributed by atoms with E-state index in [-0.39, 0.29) is 0 Å². The highest BCUT2D eigenvalue weighted by Crippen LogP contribution is 2.21. The molecule has 1 unspecified atom stereocenters. The summed E-state index contributed by atoms with van der Waals surface area (Å²) < 4.78 is 0. The van der Waals surface area contributed by atoms with Crippen molar-refractivity contribution in [3.8, 4) is 6.07 Å². The minimum absolute atomic E-state index is 0.504. The Balaban J connectivity index is 1.89. The van der Waals surface area contributed by atoms with Gasteiger partial charge in [-0.15, -0.1) is 11.3 Å². The molecule has 2 heterocycles. The van der Waals surface area contributed by atoms with Crippen LogP contribution in [0.2, 0.25) is 0 Å². The maximum absolute atomic E-state index is 8.74. The van der Waals surface area contributed by atoms with Gasteiger partial charge in [0.2, 0.25) is 0 Å². The number of nitrogens with zero attached hydrogens (tertiary/aromatic N) is 3. The number of rotatable bonds is 4. The van der Waals surface area contributed by atoms with Crippen LogP contribution in [0.4, 0.5) is 0 Å². The highest BCUT2D eigenvalue weighted by molar-refractivity contribution is 7.11. The maximum Gasteiger partial charge on any atom is 0.0944 e. The van der Waals surface area contributed by atoms with E-state index in [1.165, 1.54) is 30.8 Å². The molecule has 1 aliphatic heterocycles. The Morgan fingerprint density at radius 3 is 3.06 bits per heavy atom. The third-order valence-electron chi connectivity index (χ3n) is 3.73. The molecule has 0 aliphatic carbocycles. The molecule has 1 aliphatic rings. The van der Waals surface area contributed by atoms with Gasteiger partial charge in [-0.1, -0.05) is 6.42 Å². The van der Waals surface area contributed by atoms with Crippen LogP contribution in [0.5, 0.6) is 0 Å². The first-order valence-electron chi connectivity index (χ1n) is 6.77. The second-order valence-corrected chi connectivity index (χ2v) is 6.25. The monoisotopic (exact) mass is 263 g/mol. The molecule has 0 bridgehead atoms. The number of aromatic nitrogens is 1. The quantitative estimate of drug-likeness (QED) is 0.838. The van der Waals surface area contributed by atoms with Crippen molar-refractivity contribution in [1.29, 1.82) is 5.26 Å². The molecule has 4 heteroatoms. The zero-order valence-electron chi connectivity index (χ0n) is 11.3. The van der Waals surface area contributed by atoms with E-state index in [4.69, 9.17) is 5.26 Å². The van der Waals surface area contributed by atoms with E-state index in [1.807, 2.05) is 6.92 Å². The molecule has 0 spiro atoms. The molecule has 1 atom stereocenters. The average molecular weight is 263 g/mol. The molecule has 0 radical (unpaired) electrons. The molecule has 18 heavy (non-hydrogen) atoms. The molecule has 1 aromatic rings. The smallest absolute Gasteiger partial charge is 0.0944 e. The fraction of sp³-hybridized carbons (Fsp3) is 0.714. The van der Waals surface area contributed by atoms with Crippen LogP contribution >= 0.6 is 11.3 Å². The third kappa shape index (κ3) is 3.30. The Bertz CT molecular complexity index is 433. The number of likely N-dealkylation sites (tertiary alicyclic amines) is 1. The summed E-state index contributed by atoms with van der Waals surface area (Å²) in [7, 11) is 0. The molecular formula is C14H21N3S. The molecule has 1 fully saturated rings. The SMILES string of the molecule is Cc1nc(CCN2CCCCC2C)sc1CC#N. The third-order valence-corrected chi connectivity index (χ3v) is 4.95. The van der Waals surface area contributed by atoms with Gasteiger partial charge in [-0.2, -0.15) is 5.26 Å². The van der Waals surface area contributed by atoms with Crippen molar-refractivity contribution in [2.75, 3.05) is 13.1 Å². The lowest BCUT2D eigenvalue weighted by Crippen LogP contribution is -2.38. The zero-order valence-corrected chi connectivity index (χ0v) is 12.1. The Kier molecular flexibility index (Phi) is 4.73. The lowest BCUT2D eigenvalue weighted by molar-refractivity contribution is 0.163. The molecule has 0 amide bonds. The van der Waals surface area contributed by atoms with Crippen molar-refractivity contribution in [2.45, 2.75) is 52.0 Å². The van der Waals surface area contributed by atoms with Crippen LogP contribution < -0.4 is 0 Å². The van der Waals surface area contributed by atoms with Crippen LogP contribution in [0.25, 0.3) is 0 Å². The van der Waals surface area contributed by atoms with Crippen LogP contribution in [0, 0.1) is 18.3 Å². The van der Waals surface area contributed by atoms with Gasteiger partial charge in [0.05, 0.1) is 23.2 Å². The Labute approximate surface area is 113 Å². The van der Waals surface area contributed by atoms with Crippen LogP contribution in [-0.4, -0.2) is 29.0 Å². The lowest BCUT2D eigenvalue weighted by Gasteiger charge is -2.32. The minimum Gasteiger partial charge on any atom is -0.300 e. The highest BCUT2D eigenvalue weighted by atomic mass is 32.1. The van der Waals surface area contributed by atoms with E-state index in [0.717, 1.165) is 29.6 Å². The van der Waals surface area contributed by atoms with Gasteiger partial charge in [0.1, 0.15) is 0 Å². The first-order chi connectivity index (χ1) is 8.70. The largest absolute Gasteiger partial charge is 0.300 e. The van der Waals surface area contributed by atoms with Gasteiger partial charge in [0, 0.05) is 23.9 Å². The van der Waals surface area contributed by atoms with Crippen molar-refractivity contribution < 1.29 is 0 Å². The van der Waals surface area contributed by atoms with E-state index >= 15 is 0 Å². The maximum atomic E-state index is 8.74. The average Bonchev–Trinajstić information content (AvgIpc) is 2.70. The summed E-state index contributed by atoms with van der Waals surface area (Å²) in [6, 6.07) is 2.93. The number of piperidine rings is 1. The summed E-state index contributed by atoms with van der Waals surface area (Å²) in [4.78, 5) is 8.29. The van der Waals surface area contributed by atoms with Gasteiger partial charge in [0.15, 0.2) is 0 Å². The molecule has 0 N–H and O–H groups in total. The fourth-order valence-corrected chi connectivity index (χ4v) is 3.55.